The summed E-state index contributed by atoms with van der Waals surface area (Å²) >= 11 is 6.15. The summed E-state index contributed by atoms with van der Waals surface area (Å²) in [6, 6.07) is 20.1. The van der Waals surface area contributed by atoms with Crippen molar-refractivity contribution in [2.45, 2.75) is 24.9 Å². The van der Waals surface area contributed by atoms with E-state index in [0.29, 0.717) is 10.6 Å². The lowest BCUT2D eigenvalue weighted by molar-refractivity contribution is -0.136. The zero-order valence-corrected chi connectivity index (χ0v) is 17.8. The molecule has 2 heterocycles. The maximum atomic E-state index is 11.1. The van der Waals surface area contributed by atoms with Crippen molar-refractivity contribution < 1.29 is 9.90 Å². The molecule has 2 aromatic carbocycles. The second-order valence-corrected chi connectivity index (χ2v) is 8.03. The lowest BCUT2D eigenvalue weighted by Crippen LogP contribution is -2.44. The Kier molecular flexibility index (Phi) is 6.70. The molecule has 160 valence electrons. The van der Waals surface area contributed by atoms with Gasteiger partial charge in [-0.15, -0.1) is 0 Å². The molecule has 0 unspecified atom stereocenters. The molecule has 4 N–H and O–H groups in total. The highest BCUT2D eigenvalue weighted by Gasteiger charge is 2.27. The fourth-order valence-electron chi connectivity index (χ4n) is 3.92. The van der Waals surface area contributed by atoms with Gasteiger partial charge in [0.1, 0.15) is 5.82 Å². The van der Waals surface area contributed by atoms with Gasteiger partial charge in [-0.2, -0.15) is 0 Å². The van der Waals surface area contributed by atoms with Crippen molar-refractivity contribution in [3.63, 3.8) is 0 Å². The van der Waals surface area contributed by atoms with E-state index in [2.05, 4.69) is 33.1 Å². The molecule has 1 aromatic heterocycles. The molecule has 6 nitrogen and oxygen atoms in total. The normalized spacial score (nSPS) is 16.0. The number of aromatic nitrogens is 1. The van der Waals surface area contributed by atoms with Crippen molar-refractivity contribution in [3.8, 4) is 0 Å². The molecule has 1 aliphatic rings. The summed E-state index contributed by atoms with van der Waals surface area (Å²) in [5.74, 6) is -0.0245. The average Bonchev–Trinajstić information content (AvgIpc) is 2.79. The van der Waals surface area contributed by atoms with Crippen LogP contribution in [0.4, 0.5) is 11.5 Å². The number of rotatable bonds is 8. The summed E-state index contributed by atoms with van der Waals surface area (Å²) in [6.07, 6.45) is 2.48. The zero-order chi connectivity index (χ0) is 21.6. The van der Waals surface area contributed by atoms with Crippen molar-refractivity contribution >= 4 is 29.1 Å². The van der Waals surface area contributed by atoms with E-state index in [4.69, 9.17) is 16.7 Å². The zero-order valence-electron chi connectivity index (χ0n) is 17.0. The SMILES string of the molecule is O=C(O)Cc1cc(CCN[C@H](c2ccccc2)[C@H]2CNc3cccnc3N2)ccc1Cl. The maximum Gasteiger partial charge on any atom is 0.307 e. The number of hydrogen-bond donors (Lipinski definition) is 4. The van der Waals surface area contributed by atoms with Gasteiger partial charge >= 0.3 is 5.97 Å². The highest BCUT2D eigenvalue weighted by atomic mass is 35.5. The van der Waals surface area contributed by atoms with Gasteiger partial charge in [0.25, 0.3) is 0 Å². The molecule has 3 aromatic rings. The minimum atomic E-state index is -0.883. The first-order valence-electron chi connectivity index (χ1n) is 10.3. The molecule has 2 atom stereocenters. The molecule has 0 amide bonds. The number of carboxylic acid groups (broad SMARTS) is 1. The van der Waals surface area contributed by atoms with Crippen LogP contribution < -0.4 is 16.0 Å². The molecule has 4 rings (SSSR count). The minimum Gasteiger partial charge on any atom is -0.481 e. The van der Waals surface area contributed by atoms with Gasteiger partial charge < -0.3 is 21.1 Å². The Morgan fingerprint density at radius 3 is 2.84 bits per heavy atom. The van der Waals surface area contributed by atoms with Crippen LogP contribution in [0.1, 0.15) is 22.7 Å². The quantitative estimate of drug-likeness (QED) is 0.424. The van der Waals surface area contributed by atoms with Crippen molar-refractivity contribution in [2.75, 3.05) is 23.7 Å². The smallest absolute Gasteiger partial charge is 0.307 e. The second kappa shape index (κ2) is 9.81. The number of halogens is 1. The van der Waals surface area contributed by atoms with Crippen LogP contribution in [0.2, 0.25) is 5.02 Å². The predicted octanol–water partition coefficient (Wildman–Crippen LogP) is 4.14. The minimum absolute atomic E-state index is 0.0726. The Balaban J connectivity index is 1.46. The van der Waals surface area contributed by atoms with E-state index >= 15 is 0 Å². The average molecular weight is 437 g/mol. The van der Waals surface area contributed by atoms with E-state index < -0.39 is 5.97 Å². The van der Waals surface area contributed by atoms with Gasteiger partial charge in [-0.25, -0.2) is 4.98 Å². The Labute approximate surface area is 186 Å². The van der Waals surface area contributed by atoms with Gasteiger partial charge in [0, 0.05) is 17.8 Å². The summed E-state index contributed by atoms with van der Waals surface area (Å²) in [5.41, 5.74) is 3.91. The molecular formula is C24H25ClN4O2. The van der Waals surface area contributed by atoms with Crippen LogP contribution >= 0.6 is 11.6 Å². The predicted molar refractivity (Wildman–Crippen MR) is 124 cm³/mol. The fraction of sp³-hybridized carbons (Fsp3) is 0.250. The van der Waals surface area contributed by atoms with Gasteiger partial charge in [0.2, 0.25) is 0 Å². The van der Waals surface area contributed by atoms with E-state index in [0.717, 1.165) is 36.6 Å². The number of nitrogens with one attached hydrogen (secondary N) is 3. The molecule has 0 saturated carbocycles. The standard InChI is InChI=1S/C24H25ClN4O2/c25-19-9-8-16(13-18(19)14-22(30)31)10-12-26-23(17-5-2-1-3-6-17)21-15-28-20-7-4-11-27-24(20)29-21/h1-9,11,13,21,23,26,28H,10,12,14-15H2,(H,27,29)(H,30,31)/t21-,23-/m1/s1. The molecule has 7 heteroatoms. The van der Waals surface area contributed by atoms with E-state index in [-0.39, 0.29) is 18.5 Å². The Morgan fingerprint density at radius 1 is 1.19 bits per heavy atom. The Bertz CT molecular complexity index is 1040. The topological polar surface area (TPSA) is 86.3 Å². The van der Waals surface area contributed by atoms with E-state index in [1.54, 1.807) is 12.3 Å². The van der Waals surface area contributed by atoms with Crippen LogP contribution in [0.3, 0.4) is 0 Å². The third-order valence-electron chi connectivity index (χ3n) is 5.43. The molecular weight excluding hydrogens is 412 g/mol. The van der Waals surface area contributed by atoms with Crippen LogP contribution in [0.15, 0.2) is 66.9 Å². The van der Waals surface area contributed by atoms with Crippen molar-refractivity contribution in [1.82, 2.24) is 10.3 Å². The van der Waals surface area contributed by atoms with Gasteiger partial charge in [-0.1, -0.05) is 54.1 Å². The highest BCUT2D eigenvalue weighted by molar-refractivity contribution is 6.31. The summed E-state index contributed by atoms with van der Waals surface area (Å²) in [4.78, 5) is 15.5. The largest absolute Gasteiger partial charge is 0.481 e. The molecule has 0 spiro atoms. The number of hydrogen-bond acceptors (Lipinski definition) is 5. The first-order valence-corrected chi connectivity index (χ1v) is 10.7. The Hall–Kier alpha value is -3.09. The van der Waals surface area contributed by atoms with Crippen LogP contribution in [-0.4, -0.2) is 35.2 Å². The van der Waals surface area contributed by atoms with Gasteiger partial charge in [-0.05, 0) is 47.9 Å². The van der Waals surface area contributed by atoms with Crippen molar-refractivity contribution in [3.05, 3.63) is 88.6 Å². The molecule has 0 aliphatic carbocycles. The second-order valence-electron chi connectivity index (χ2n) is 7.62. The fourth-order valence-corrected chi connectivity index (χ4v) is 4.10. The molecule has 0 saturated heterocycles. The molecule has 0 radical (unpaired) electrons. The number of carbonyl (C=O) groups is 1. The number of aliphatic carboxylic acids is 1. The molecule has 1 aliphatic heterocycles. The van der Waals surface area contributed by atoms with E-state index in [1.165, 1.54) is 5.56 Å². The number of carboxylic acids is 1. The van der Waals surface area contributed by atoms with Crippen molar-refractivity contribution in [1.29, 1.82) is 0 Å². The number of nitrogens with zero attached hydrogens (tertiary/aromatic N) is 1. The van der Waals surface area contributed by atoms with E-state index in [1.807, 2.05) is 42.5 Å². The number of benzene rings is 2. The summed E-state index contributed by atoms with van der Waals surface area (Å²) < 4.78 is 0. The highest BCUT2D eigenvalue weighted by Crippen LogP contribution is 2.28. The van der Waals surface area contributed by atoms with E-state index in [9.17, 15) is 4.79 Å². The summed E-state index contributed by atoms with van der Waals surface area (Å²) in [7, 11) is 0. The first kappa shape index (κ1) is 21.2. The first-order chi connectivity index (χ1) is 15.1. The monoisotopic (exact) mass is 436 g/mol. The lowest BCUT2D eigenvalue weighted by atomic mass is 9.97. The van der Waals surface area contributed by atoms with Gasteiger partial charge in [-0.3, -0.25) is 4.79 Å². The molecule has 0 fully saturated rings. The summed E-state index contributed by atoms with van der Waals surface area (Å²) in [5, 5.41) is 20.3. The third-order valence-corrected chi connectivity index (χ3v) is 5.80. The molecule has 31 heavy (non-hydrogen) atoms. The summed E-state index contributed by atoms with van der Waals surface area (Å²) in [6.45, 7) is 1.51. The lowest BCUT2D eigenvalue weighted by Gasteiger charge is -2.34. The van der Waals surface area contributed by atoms with Crippen LogP contribution in [0.5, 0.6) is 0 Å². The van der Waals surface area contributed by atoms with Gasteiger partial charge in [0.15, 0.2) is 0 Å². The van der Waals surface area contributed by atoms with Crippen LogP contribution in [0, 0.1) is 0 Å². The number of anilines is 2. The van der Waals surface area contributed by atoms with Crippen molar-refractivity contribution in [2.24, 2.45) is 0 Å². The third kappa shape index (κ3) is 5.34. The molecule has 0 bridgehead atoms. The van der Waals surface area contributed by atoms with Crippen LogP contribution in [0.25, 0.3) is 0 Å². The number of fused-ring (bicyclic) bond motifs is 1. The van der Waals surface area contributed by atoms with Gasteiger partial charge in [0.05, 0.1) is 24.2 Å². The maximum absolute atomic E-state index is 11.1. The Morgan fingerprint density at radius 2 is 2.03 bits per heavy atom. The number of pyridine rings is 1. The van der Waals surface area contributed by atoms with Crippen LogP contribution in [-0.2, 0) is 17.6 Å².